The van der Waals surface area contributed by atoms with Crippen LogP contribution in [0.1, 0.15) is 12.0 Å². The number of hydrogen-bond donors (Lipinski definition) is 2. The third-order valence-electron chi connectivity index (χ3n) is 2.75. The zero-order valence-electron chi connectivity index (χ0n) is 7.39. The predicted octanol–water partition coefficient (Wildman–Crippen LogP) is 1.60. The number of nitrogens with one attached hydrogen (secondary N) is 1. The number of hydrogen-bond acceptors (Lipinski definition) is 2. The zero-order valence-corrected chi connectivity index (χ0v) is 8.97. The minimum absolute atomic E-state index is 0.0279. The smallest absolute Gasteiger partial charge is 0.0582 e. The fourth-order valence-corrected chi connectivity index (χ4v) is 2.45. The van der Waals surface area contributed by atoms with Gasteiger partial charge in [0, 0.05) is 11.0 Å². The molecule has 70 valence electrons. The first-order chi connectivity index (χ1) is 6.28. The first-order valence-corrected chi connectivity index (χ1v) is 5.28. The van der Waals surface area contributed by atoms with Crippen molar-refractivity contribution in [1.29, 1.82) is 0 Å². The number of benzene rings is 1. The third-order valence-corrected chi connectivity index (χ3v) is 3.44. The van der Waals surface area contributed by atoms with E-state index in [1.165, 1.54) is 5.56 Å². The van der Waals surface area contributed by atoms with Crippen molar-refractivity contribution < 1.29 is 0 Å². The molecule has 2 nitrogen and oxygen atoms in total. The molecule has 1 aliphatic rings. The Morgan fingerprint density at radius 1 is 1.46 bits per heavy atom. The highest BCUT2D eigenvalue weighted by atomic mass is 79.9. The summed E-state index contributed by atoms with van der Waals surface area (Å²) in [7, 11) is 0. The lowest BCUT2D eigenvalue weighted by molar-refractivity contribution is 0.218. The van der Waals surface area contributed by atoms with E-state index in [-0.39, 0.29) is 5.54 Å². The van der Waals surface area contributed by atoms with Gasteiger partial charge in [0.2, 0.25) is 0 Å². The summed E-state index contributed by atoms with van der Waals surface area (Å²) in [6, 6.07) is 8.27. The number of rotatable bonds is 2. The van der Waals surface area contributed by atoms with E-state index in [1.54, 1.807) is 0 Å². The van der Waals surface area contributed by atoms with E-state index in [4.69, 9.17) is 5.73 Å². The highest BCUT2D eigenvalue weighted by Crippen LogP contribution is 2.34. The van der Waals surface area contributed by atoms with Crippen molar-refractivity contribution in [2.75, 3.05) is 13.1 Å². The summed E-state index contributed by atoms with van der Waals surface area (Å²) in [6.45, 7) is 1.73. The molecule has 1 aliphatic heterocycles. The van der Waals surface area contributed by atoms with Crippen LogP contribution in [0.15, 0.2) is 28.7 Å². The minimum atomic E-state index is 0.0279. The monoisotopic (exact) mass is 240 g/mol. The summed E-state index contributed by atoms with van der Waals surface area (Å²) in [5, 5.41) is 3.41. The Morgan fingerprint density at radius 2 is 2.15 bits per heavy atom. The van der Waals surface area contributed by atoms with Gasteiger partial charge in [-0.05, 0) is 24.6 Å². The van der Waals surface area contributed by atoms with Crippen LogP contribution in [-0.2, 0) is 5.54 Å². The molecule has 0 bridgehead atoms. The Balaban J connectivity index is 2.38. The molecule has 1 saturated heterocycles. The highest BCUT2D eigenvalue weighted by Gasteiger charge is 2.37. The van der Waals surface area contributed by atoms with Crippen LogP contribution in [0.25, 0.3) is 0 Å². The molecule has 0 amide bonds. The number of halogens is 1. The molecular weight excluding hydrogens is 228 g/mol. The van der Waals surface area contributed by atoms with Crippen molar-refractivity contribution in [3.8, 4) is 0 Å². The molecule has 0 saturated carbocycles. The molecule has 0 aromatic heterocycles. The predicted molar refractivity (Wildman–Crippen MR) is 57.5 cm³/mol. The summed E-state index contributed by atoms with van der Waals surface area (Å²) in [4.78, 5) is 0. The summed E-state index contributed by atoms with van der Waals surface area (Å²) in [5.41, 5.74) is 7.10. The average molecular weight is 241 g/mol. The van der Waals surface area contributed by atoms with E-state index in [0.29, 0.717) is 6.54 Å². The van der Waals surface area contributed by atoms with Crippen LogP contribution in [0.3, 0.4) is 0 Å². The largest absolute Gasteiger partial charge is 0.328 e. The van der Waals surface area contributed by atoms with Gasteiger partial charge < -0.3 is 11.1 Å². The lowest BCUT2D eigenvalue weighted by Crippen LogP contribution is -2.58. The van der Waals surface area contributed by atoms with Gasteiger partial charge in [-0.15, -0.1) is 0 Å². The first kappa shape index (κ1) is 9.19. The van der Waals surface area contributed by atoms with Gasteiger partial charge in [0.05, 0.1) is 5.54 Å². The molecule has 1 fully saturated rings. The van der Waals surface area contributed by atoms with E-state index in [0.717, 1.165) is 17.4 Å². The van der Waals surface area contributed by atoms with Crippen LogP contribution in [0.5, 0.6) is 0 Å². The van der Waals surface area contributed by atoms with Gasteiger partial charge in [0.25, 0.3) is 0 Å². The van der Waals surface area contributed by atoms with Gasteiger partial charge >= 0.3 is 0 Å². The van der Waals surface area contributed by atoms with Gasteiger partial charge in [-0.2, -0.15) is 0 Å². The molecule has 1 atom stereocenters. The van der Waals surface area contributed by atoms with E-state index in [9.17, 15) is 0 Å². The number of nitrogens with two attached hydrogens (primary N) is 1. The Hall–Kier alpha value is -0.380. The van der Waals surface area contributed by atoms with E-state index >= 15 is 0 Å². The molecule has 1 aromatic carbocycles. The van der Waals surface area contributed by atoms with Crippen LogP contribution in [-0.4, -0.2) is 13.1 Å². The standard InChI is InChI=1S/C10H13BrN2/c11-9-4-2-1-3-8(9)10(7-12)5-6-13-10/h1-4,13H,5-7,12H2. The molecule has 1 heterocycles. The van der Waals surface area contributed by atoms with Gasteiger partial charge in [-0.25, -0.2) is 0 Å². The van der Waals surface area contributed by atoms with Crippen molar-refractivity contribution in [2.45, 2.75) is 12.0 Å². The summed E-state index contributed by atoms with van der Waals surface area (Å²) in [5.74, 6) is 0. The maximum absolute atomic E-state index is 5.79. The minimum Gasteiger partial charge on any atom is -0.328 e. The second kappa shape index (κ2) is 3.40. The van der Waals surface area contributed by atoms with Crippen LogP contribution in [0.2, 0.25) is 0 Å². The topological polar surface area (TPSA) is 38.0 Å². The zero-order chi connectivity index (χ0) is 9.31. The summed E-state index contributed by atoms with van der Waals surface area (Å²) >= 11 is 3.55. The third kappa shape index (κ3) is 1.41. The molecule has 0 spiro atoms. The summed E-state index contributed by atoms with van der Waals surface area (Å²) in [6.07, 6.45) is 1.13. The lowest BCUT2D eigenvalue weighted by atomic mass is 9.81. The quantitative estimate of drug-likeness (QED) is 0.825. The molecule has 1 unspecified atom stereocenters. The Kier molecular flexibility index (Phi) is 2.41. The summed E-state index contributed by atoms with van der Waals surface area (Å²) < 4.78 is 1.15. The second-order valence-electron chi connectivity index (χ2n) is 3.44. The SMILES string of the molecule is NCC1(c2ccccc2Br)CCN1. The van der Waals surface area contributed by atoms with Crippen LogP contribution in [0.4, 0.5) is 0 Å². The average Bonchev–Trinajstić information content (AvgIpc) is 2.07. The van der Waals surface area contributed by atoms with Crippen molar-refractivity contribution in [3.63, 3.8) is 0 Å². The second-order valence-corrected chi connectivity index (χ2v) is 4.30. The molecule has 3 heteroatoms. The van der Waals surface area contributed by atoms with Gasteiger partial charge in [-0.1, -0.05) is 34.1 Å². The molecular formula is C10H13BrN2. The van der Waals surface area contributed by atoms with Crippen molar-refractivity contribution in [3.05, 3.63) is 34.3 Å². The fourth-order valence-electron chi connectivity index (χ4n) is 1.79. The van der Waals surface area contributed by atoms with Gasteiger partial charge in [0.15, 0.2) is 0 Å². The molecule has 0 radical (unpaired) electrons. The normalized spacial score (nSPS) is 26.9. The molecule has 2 rings (SSSR count). The molecule has 0 aliphatic carbocycles. The lowest BCUT2D eigenvalue weighted by Gasteiger charge is -2.43. The van der Waals surface area contributed by atoms with Crippen LogP contribution < -0.4 is 11.1 Å². The van der Waals surface area contributed by atoms with E-state index in [1.807, 2.05) is 6.07 Å². The van der Waals surface area contributed by atoms with Crippen LogP contribution >= 0.6 is 15.9 Å². The van der Waals surface area contributed by atoms with Crippen molar-refractivity contribution in [2.24, 2.45) is 5.73 Å². The fraction of sp³-hybridized carbons (Fsp3) is 0.400. The maximum Gasteiger partial charge on any atom is 0.0582 e. The van der Waals surface area contributed by atoms with Gasteiger partial charge in [-0.3, -0.25) is 0 Å². The van der Waals surface area contributed by atoms with Gasteiger partial charge in [0.1, 0.15) is 0 Å². The molecule has 3 N–H and O–H groups in total. The maximum atomic E-state index is 5.79. The Labute approximate surface area is 86.6 Å². The highest BCUT2D eigenvalue weighted by molar-refractivity contribution is 9.10. The molecule has 1 aromatic rings. The van der Waals surface area contributed by atoms with Crippen molar-refractivity contribution in [1.82, 2.24) is 5.32 Å². The first-order valence-electron chi connectivity index (χ1n) is 4.49. The molecule has 13 heavy (non-hydrogen) atoms. The van der Waals surface area contributed by atoms with Crippen LogP contribution in [0, 0.1) is 0 Å². The Morgan fingerprint density at radius 3 is 2.62 bits per heavy atom. The Bertz CT molecular complexity index is 302. The van der Waals surface area contributed by atoms with Crippen molar-refractivity contribution >= 4 is 15.9 Å². The van der Waals surface area contributed by atoms with E-state index < -0.39 is 0 Å². The van der Waals surface area contributed by atoms with E-state index in [2.05, 4.69) is 39.4 Å².